The molecule has 0 bridgehead atoms. The normalized spacial score (nSPS) is 20.0. The van der Waals surface area contributed by atoms with E-state index in [0.29, 0.717) is 35.8 Å². The van der Waals surface area contributed by atoms with Crippen LogP contribution in [0.4, 0.5) is 23.2 Å². The Morgan fingerprint density at radius 2 is 1.84 bits per heavy atom. The van der Waals surface area contributed by atoms with Gasteiger partial charge < -0.3 is 19.9 Å². The smallest absolute Gasteiger partial charge is 0.422 e. The van der Waals surface area contributed by atoms with Crippen molar-refractivity contribution in [1.82, 2.24) is 4.90 Å². The molecule has 2 N–H and O–H groups in total. The van der Waals surface area contributed by atoms with Crippen LogP contribution in [0, 0.1) is 5.82 Å². The molecule has 0 aliphatic carbocycles. The summed E-state index contributed by atoms with van der Waals surface area (Å²) in [5, 5.41) is 13.1. The quantitative estimate of drug-likeness (QED) is 0.247. The van der Waals surface area contributed by atoms with E-state index in [1.807, 2.05) is 12.1 Å². The summed E-state index contributed by atoms with van der Waals surface area (Å²) in [4.78, 5) is 2.07. The highest BCUT2D eigenvalue weighted by Gasteiger charge is 2.44. The van der Waals surface area contributed by atoms with Crippen molar-refractivity contribution in [2.75, 3.05) is 25.0 Å². The molecule has 0 amide bonds. The number of aliphatic hydroxyl groups excluding tert-OH is 1. The number of ether oxygens (including phenoxy) is 2. The van der Waals surface area contributed by atoms with Crippen molar-refractivity contribution in [1.29, 1.82) is 0 Å². The van der Waals surface area contributed by atoms with Gasteiger partial charge in [-0.05, 0) is 47.5 Å². The lowest BCUT2D eigenvalue weighted by molar-refractivity contribution is -0.153. The third-order valence-corrected chi connectivity index (χ3v) is 6.79. The molecule has 0 aromatic heterocycles. The number of aliphatic hydroxyl groups is 1. The third kappa shape index (κ3) is 6.13. The number of likely N-dealkylation sites (tertiary alicyclic amines) is 1. The van der Waals surface area contributed by atoms with Crippen molar-refractivity contribution in [3.05, 3.63) is 81.6 Å². The number of nitrogens with one attached hydrogen (secondary N) is 1. The van der Waals surface area contributed by atoms with Gasteiger partial charge in [0.15, 0.2) is 12.8 Å². The second kappa shape index (κ2) is 10.3. The van der Waals surface area contributed by atoms with Gasteiger partial charge in [0.05, 0.1) is 11.8 Å². The topological polar surface area (TPSA) is 57.3 Å². The van der Waals surface area contributed by atoms with Crippen LogP contribution in [-0.2, 0) is 11.3 Å². The van der Waals surface area contributed by atoms with Gasteiger partial charge in [-0.1, -0.05) is 41.4 Å². The van der Waals surface area contributed by atoms with Crippen LogP contribution in [-0.4, -0.2) is 48.2 Å². The van der Waals surface area contributed by atoms with Gasteiger partial charge >= 0.3 is 6.18 Å². The zero-order valence-corrected chi connectivity index (χ0v) is 20.7. The van der Waals surface area contributed by atoms with Crippen molar-refractivity contribution < 1.29 is 32.1 Å². The fraction of sp³-hybridized carbons (Fsp3) is 0.308. The molecule has 0 spiro atoms. The lowest BCUT2D eigenvalue weighted by Crippen LogP contribution is -2.49. The molecule has 2 atom stereocenters. The van der Waals surface area contributed by atoms with Crippen LogP contribution < -0.4 is 10.1 Å². The molecule has 2 fully saturated rings. The molecule has 5 rings (SSSR count). The SMILES string of the molecule is OC1CN(Cc2ccc(Cl)c(-c3ccc(NC4OC4c4c(F)cccc4Cl)c(OCC(F)(F)F)c3)c2)C1. The van der Waals surface area contributed by atoms with Gasteiger partial charge in [-0.3, -0.25) is 4.90 Å². The largest absolute Gasteiger partial charge is 0.482 e. The average molecular weight is 557 g/mol. The van der Waals surface area contributed by atoms with Crippen LogP contribution in [0.5, 0.6) is 5.75 Å². The van der Waals surface area contributed by atoms with Gasteiger partial charge in [0.1, 0.15) is 17.7 Å². The summed E-state index contributed by atoms with van der Waals surface area (Å²) in [6.45, 7) is 0.272. The number of benzene rings is 3. The minimum atomic E-state index is -4.55. The number of halogens is 6. The summed E-state index contributed by atoms with van der Waals surface area (Å²) in [5.74, 6) is -0.594. The molecule has 37 heavy (non-hydrogen) atoms. The maximum Gasteiger partial charge on any atom is 0.422 e. The van der Waals surface area contributed by atoms with Crippen molar-refractivity contribution in [3.8, 4) is 16.9 Å². The number of hydrogen-bond donors (Lipinski definition) is 2. The predicted molar refractivity (Wildman–Crippen MR) is 132 cm³/mol. The van der Waals surface area contributed by atoms with Gasteiger partial charge in [0, 0.05) is 40.8 Å². The van der Waals surface area contributed by atoms with Crippen molar-refractivity contribution in [3.63, 3.8) is 0 Å². The Hall–Kier alpha value is -2.56. The Morgan fingerprint density at radius 1 is 1.05 bits per heavy atom. The van der Waals surface area contributed by atoms with Gasteiger partial charge in [-0.25, -0.2) is 4.39 Å². The highest BCUT2D eigenvalue weighted by Crippen LogP contribution is 2.45. The summed E-state index contributed by atoms with van der Waals surface area (Å²) < 4.78 is 63.8. The fourth-order valence-electron chi connectivity index (χ4n) is 4.29. The van der Waals surface area contributed by atoms with Gasteiger partial charge in [0.25, 0.3) is 0 Å². The van der Waals surface area contributed by atoms with Crippen molar-refractivity contribution in [2.45, 2.75) is 31.2 Å². The Kier molecular flexibility index (Phi) is 7.26. The zero-order chi connectivity index (χ0) is 26.3. The molecular formula is C26H22Cl2F4N2O3. The molecule has 11 heteroatoms. The first-order valence-corrected chi connectivity index (χ1v) is 12.2. The molecule has 5 nitrogen and oxygen atoms in total. The van der Waals surface area contributed by atoms with E-state index in [2.05, 4.69) is 10.2 Å². The van der Waals surface area contributed by atoms with E-state index in [4.69, 9.17) is 32.7 Å². The molecule has 3 aromatic rings. The molecule has 2 aliphatic rings. The number of epoxide rings is 1. The van der Waals surface area contributed by atoms with E-state index in [1.165, 1.54) is 24.3 Å². The summed E-state index contributed by atoms with van der Waals surface area (Å²) in [7, 11) is 0. The summed E-state index contributed by atoms with van der Waals surface area (Å²) >= 11 is 12.5. The van der Waals surface area contributed by atoms with Gasteiger partial charge in [-0.2, -0.15) is 13.2 Å². The third-order valence-electron chi connectivity index (χ3n) is 6.13. The first kappa shape index (κ1) is 26.1. The predicted octanol–water partition coefficient (Wildman–Crippen LogP) is 6.43. The lowest BCUT2D eigenvalue weighted by atomic mass is 10.0. The number of alkyl halides is 3. The molecule has 2 saturated heterocycles. The maximum absolute atomic E-state index is 14.3. The number of hydrogen-bond acceptors (Lipinski definition) is 5. The van der Waals surface area contributed by atoms with E-state index in [-0.39, 0.29) is 28.1 Å². The first-order chi connectivity index (χ1) is 17.6. The van der Waals surface area contributed by atoms with E-state index in [9.17, 15) is 22.7 Å². The Balaban J connectivity index is 1.39. The molecule has 2 aliphatic heterocycles. The summed E-state index contributed by atoms with van der Waals surface area (Å²) in [6.07, 6.45) is -6.28. The zero-order valence-electron chi connectivity index (χ0n) is 19.2. The molecule has 0 radical (unpaired) electrons. The van der Waals surface area contributed by atoms with Crippen LogP contribution in [0.2, 0.25) is 10.0 Å². The molecule has 0 saturated carbocycles. The maximum atomic E-state index is 14.3. The molecule has 2 heterocycles. The van der Waals surface area contributed by atoms with Gasteiger partial charge in [-0.15, -0.1) is 0 Å². The van der Waals surface area contributed by atoms with Gasteiger partial charge in [0.2, 0.25) is 0 Å². The van der Waals surface area contributed by atoms with Crippen LogP contribution in [0.15, 0.2) is 54.6 Å². The van der Waals surface area contributed by atoms with Crippen molar-refractivity contribution in [2.24, 2.45) is 0 Å². The van der Waals surface area contributed by atoms with E-state index in [0.717, 1.165) is 5.56 Å². The Labute approximate surface area is 220 Å². The molecule has 3 aromatic carbocycles. The van der Waals surface area contributed by atoms with Crippen LogP contribution in [0.3, 0.4) is 0 Å². The monoisotopic (exact) mass is 556 g/mol. The minimum Gasteiger partial charge on any atom is -0.482 e. The second-order valence-corrected chi connectivity index (χ2v) is 9.85. The van der Waals surface area contributed by atoms with Crippen LogP contribution in [0.1, 0.15) is 17.2 Å². The fourth-order valence-corrected chi connectivity index (χ4v) is 4.78. The Morgan fingerprint density at radius 3 is 2.54 bits per heavy atom. The summed E-state index contributed by atoms with van der Waals surface area (Å²) in [5.41, 5.74) is 2.55. The lowest BCUT2D eigenvalue weighted by Gasteiger charge is -2.35. The standard InChI is InChI=1S/C26H22Cl2F4N2O3/c27-18-6-4-14(10-34-11-16(35)12-34)8-17(18)15-5-7-21(22(9-15)36-13-26(30,31)32)33-25-24(37-25)23-19(28)2-1-3-20(23)29/h1-9,16,24-25,33,35H,10-13H2. The number of anilines is 1. The Bertz CT molecular complexity index is 1280. The number of rotatable bonds is 8. The van der Waals surface area contributed by atoms with E-state index in [1.54, 1.807) is 18.2 Å². The van der Waals surface area contributed by atoms with E-state index >= 15 is 0 Å². The number of β-amino-alcohol motifs (C(OH)–C–C–N with tert-alkyl or cyclic N) is 1. The molecule has 196 valence electrons. The highest BCUT2D eigenvalue weighted by atomic mass is 35.5. The van der Waals surface area contributed by atoms with Crippen LogP contribution >= 0.6 is 23.2 Å². The average Bonchev–Trinajstić information content (AvgIpc) is 3.56. The van der Waals surface area contributed by atoms with Crippen molar-refractivity contribution >= 4 is 28.9 Å². The molecule has 2 unspecified atom stereocenters. The first-order valence-electron chi connectivity index (χ1n) is 11.5. The second-order valence-electron chi connectivity index (χ2n) is 9.03. The number of nitrogens with zero attached hydrogens (tertiary/aromatic N) is 1. The highest BCUT2D eigenvalue weighted by molar-refractivity contribution is 6.33. The minimum absolute atomic E-state index is 0.0592. The summed E-state index contributed by atoms with van der Waals surface area (Å²) in [6, 6.07) is 14.5. The van der Waals surface area contributed by atoms with Crippen LogP contribution in [0.25, 0.3) is 11.1 Å². The van der Waals surface area contributed by atoms with E-state index < -0.39 is 30.9 Å². The molecular weight excluding hydrogens is 535 g/mol.